The van der Waals surface area contributed by atoms with E-state index in [1.807, 2.05) is 0 Å². The lowest BCUT2D eigenvalue weighted by Crippen LogP contribution is -2.43. The van der Waals surface area contributed by atoms with Crippen LogP contribution in [0, 0.1) is 0 Å². The predicted molar refractivity (Wildman–Crippen MR) is 66.2 cm³/mol. The van der Waals surface area contributed by atoms with Crippen LogP contribution in [0.4, 0.5) is 0 Å². The highest BCUT2D eigenvalue weighted by Crippen LogP contribution is 2.24. The van der Waals surface area contributed by atoms with Crippen LogP contribution in [-0.2, 0) is 29.2 Å². The van der Waals surface area contributed by atoms with E-state index in [2.05, 4.69) is 0 Å². The van der Waals surface area contributed by atoms with Crippen molar-refractivity contribution < 1.29 is 37.1 Å². The summed E-state index contributed by atoms with van der Waals surface area (Å²) in [6, 6.07) is 0. The maximum absolute atomic E-state index is 11.6. The lowest BCUT2D eigenvalue weighted by molar-refractivity contribution is -0.206. The molecule has 1 fully saturated rings. The zero-order valence-electron chi connectivity index (χ0n) is 10.4. The Morgan fingerprint density at radius 3 is 2.47 bits per heavy atom. The molecule has 1 aliphatic heterocycles. The second kappa shape index (κ2) is 5.99. The SMILES string of the molecule is O=C(CC(C(=O)O)S(=O)(=O)O)OC1([SiH3])CCCCO1. The van der Waals surface area contributed by atoms with Crippen molar-refractivity contribution in [2.45, 2.75) is 36.3 Å². The second-order valence-corrected chi connectivity index (χ2v) is 7.58. The fourth-order valence-electron chi connectivity index (χ4n) is 1.74. The molecule has 0 aliphatic carbocycles. The first-order chi connectivity index (χ1) is 8.64. The van der Waals surface area contributed by atoms with Gasteiger partial charge in [0.05, 0.1) is 23.3 Å². The number of carbonyl (C=O) groups is 2. The van der Waals surface area contributed by atoms with E-state index in [9.17, 15) is 18.0 Å². The normalized spacial score (nSPS) is 25.7. The maximum atomic E-state index is 11.6. The van der Waals surface area contributed by atoms with E-state index in [0.29, 0.717) is 23.3 Å². The van der Waals surface area contributed by atoms with Crippen LogP contribution in [0.1, 0.15) is 25.7 Å². The van der Waals surface area contributed by atoms with Gasteiger partial charge < -0.3 is 14.6 Å². The minimum Gasteiger partial charge on any atom is -0.480 e. The Bertz CT molecular complexity index is 453. The molecule has 0 spiro atoms. The van der Waals surface area contributed by atoms with Gasteiger partial charge in [-0.2, -0.15) is 8.42 Å². The summed E-state index contributed by atoms with van der Waals surface area (Å²) in [6.07, 6.45) is 1.23. The molecule has 0 bridgehead atoms. The summed E-state index contributed by atoms with van der Waals surface area (Å²) in [5.74, 6) is -2.81. The number of carbonyl (C=O) groups excluding carboxylic acids is 1. The van der Waals surface area contributed by atoms with Gasteiger partial charge in [-0.1, -0.05) is 0 Å². The van der Waals surface area contributed by atoms with Crippen molar-refractivity contribution in [3.63, 3.8) is 0 Å². The average molecular weight is 312 g/mol. The molecule has 0 aromatic carbocycles. The van der Waals surface area contributed by atoms with Gasteiger partial charge in [0.15, 0.2) is 10.7 Å². The number of carboxylic acids is 1. The van der Waals surface area contributed by atoms with Crippen LogP contribution in [0.25, 0.3) is 0 Å². The van der Waals surface area contributed by atoms with Crippen molar-refractivity contribution in [2.24, 2.45) is 0 Å². The highest BCUT2D eigenvalue weighted by atomic mass is 32.2. The van der Waals surface area contributed by atoms with Gasteiger partial charge in [-0.25, -0.2) is 0 Å². The van der Waals surface area contributed by atoms with E-state index in [4.69, 9.17) is 19.1 Å². The van der Waals surface area contributed by atoms with Crippen molar-refractivity contribution in [2.75, 3.05) is 6.61 Å². The Morgan fingerprint density at radius 2 is 2.05 bits per heavy atom. The van der Waals surface area contributed by atoms with Gasteiger partial charge in [0, 0.05) is 6.42 Å². The maximum Gasteiger partial charge on any atom is 0.325 e. The molecule has 10 heteroatoms. The van der Waals surface area contributed by atoms with Gasteiger partial charge >= 0.3 is 11.9 Å². The molecule has 0 radical (unpaired) electrons. The van der Waals surface area contributed by atoms with Crippen LogP contribution in [0.5, 0.6) is 0 Å². The number of esters is 1. The van der Waals surface area contributed by atoms with Crippen molar-refractivity contribution in [1.29, 1.82) is 0 Å². The zero-order valence-corrected chi connectivity index (χ0v) is 13.2. The highest BCUT2D eigenvalue weighted by molar-refractivity contribution is 7.87. The van der Waals surface area contributed by atoms with E-state index in [1.165, 1.54) is 0 Å². The van der Waals surface area contributed by atoms with Crippen molar-refractivity contribution >= 4 is 32.3 Å². The first-order valence-electron chi connectivity index (χ1n) is 5.69. The lowest BCUT2D eigenvalue weighted by Gasteiger charge is -2.33. The van der Waals surface area contributed by atoms with Gasteiger partial charge in [-0.3, -0.25) is 14.1 Å². The summed E-state index contributed by atoms with van der Waals surface area (Å²) >= 11 is 0. The molecule has 0 saturated carbocycles. The quantitative estimate of drug-likeness (QED) is 0.356. The Kier molecular flexibility index (Phi) is 5.07. The third-order valence-electron chi connectivity index (χ3n) is 2.75. The average Bonchev–Trinajstić information content (AvgIpc) is 2.24. The van der Waals surface area contributed by atoms with Gasteiger partial charge in [0.2, 0.25) is 0 Å². The predicted octanol–water partition coefficient (Wildman–Crippen LogP) is -1.52. The molecule has 2 atom stereocenters. The Balaban J connectivity index is 2.65. The molecule has 1 rings (SSSR count). The summed E-state index contributed by atoms with van der Waals surface area (Å²) in [7, 11) is -4.46. The third kappa shape index (κ3) is 4.89. The minimum atomic E-state index is -4.85. The van der Waals surface area contributed by atoms with E-state index in [-0.39, 0.29) is 0 Å². The summed E-state index contributed by atoms with van der Waals surface area (Å²) in [5.41, 5.74) is -1.03. The monoisotopic (exact) mass is 312 g/mol. The molecule has 2 unspecified atom stereocenters. The molecule has 1 aliphatic rings. The van der Waals surface area contributed by atoms with Crippen molar-refractivity contribution in [3.8, 4) is 0 Å². The number of rotatable bonds is 5. The third-order valence-corrected chi connectivity index (χ3v) is 4.83. The smallest absolute Gasteiger partial charge is 0.325 e. The largest absolute Gasteiger partial charge is 0.480 e. The van der Waals surface area contributed by atoms with Gasteiger partial charge in [0.1, 0.15) is 0 Å². The molecular weight excluding hydrogens is 296 g/mol. The first-order valence-corrected chi connectivity index (χ1v) is 8.19. The van der Waals surface area contributed by atoms with E-state index < -0.39 is 39.1 Å². The summed E-state index contributed by atoms with van der Waals surface area (Å²) in [6.45, 7) is 0.442. The van der Waals surface area contributed by atoms with Crippen LogP contribution >= 0.6 is 0 Å². The van der Waals surface area contributed by atoms with Gasteiger partial charge in [-0.15, -0.1) is 0 Å². The topological polar surface area (TPSA) is 127 Å². The van der Waals surface area contributed by atoms with Crippen LogP contribution in [0.3, 0.4) is 0 Å². The van der Waals surface area contributed by atoms with Crippen molar-refractivity contribution in [3.05, 3.63) is 0 Å². The Hall–Kier alpha value is -0.973. The second-order valence-electron chi connectivity index (χ2n) is 4.46. The molecule has 19 heavy (non-hydrogen) atoms. The molecular formula is C9H16O8SSi. The fraction of sp³-hybridized carbons (Fsp3) is 0.778. The van der Waals surface area contributed by atoms with Crippen LogP contribution < -0.4 is 0 Å². The molecule has 1 saturated heterocycles. The van der Waals surface area contributed by atoms with Gasteiger partial charge in [-0.05, 0) is 12.8 Å². The van der Waals surface area contributed by atoms with E-state index >= 15 is 0 Å². The molecule has 8 nitrogen and oxygen atoms in total. The number of hydrogen-bond acceptors (Lipinski definition) is 6. The molecule has 2 N–H and O–H groups in total. The minimum absolute atomic E-state index is 0.389. The summed E-state index contributed by atoms with van der Waals surface area (Å²) in [4.78, 5) is 22.2. The Morgan fingerprint density at radius 1 is 1.42 bits per heavy atom. The summed E-state index contributed by atoms with van der Waals surface area (Å²) in [5, 5.41) is 6.44. The number of ether oxygens (including phenoxy) is 2. The highest BCUT2D eigenvalue weighted by Gasteiger charge is 2.37. The van der Waals surface area contributed by atoms with Crippen LogP contribution in [0.2, 0.25) is 0 Å². The zero-order chi connectivity index (χ0) is 14.7. The molecule has 0 aromatic heterocycles. The first kappa shape index (κ1) is 16.1. The van der Waals surface area contributed by atoms with Gasteiger partial charge in [0.25, 0.3) is 10.1 Å². The molecule has 1 heterocycles. The molecule has 110 valence electrons. The standard InChI is InChI=1S/C9H16O8SSi/c10-7(5-6(8(11)12)18(13,14)15)17-9(19)3-1-2-4-16-9/h6H,1-5H2,19H3,(H,11,12)(H,13,14,15). The fourth-order valence-corrected chi connectivity index (χ4v) is 3.13. The van der Waals surface area contributed by atoms with Crippen LogP contribution in [-0.4, -0.2) is 57.5 Å². The Labute approximate surface area is 113 Å². The van der Waals surface area contributed by atoms with Crippen molar-refractivity contribution in [1.82, 2.24) is 0 Å². The van der Waals surface area contributed by atoms with E-state index in [1.54, 1.807) is 0 Å². The summed E-state index contributed by atoms with van der Waals surface area (Å²) < 4.78 is 40.7. The molecule has 0 amide bonds. The van der Waals surface area contributed by atoms with Crippen LogP contribution in [0.15, 0.2) is 0 Å². The molecule has 0 aromatic rings. The number of aliphatic carboxylic acids is 1. The number of hydrogen-bond donors (Lipinski definition) is 2. The van der Waals surface area contributed by atoms with E-state index in [0.717, 1.165) is 12.8 Å². The number of carboxylic acid groups (broad SMARTS) is 1. The lowest BCUT2D eigenvalue weighted by atomic mass is 10.2.